The summed E-state index contributed by atoms with van der Waals surface area (Å²) in [6, 6.07) is 15.6. The molecule has 4 rings (SSSR count). The van der Waals surface area contributed by atoms with E-state index in [4.69, 9.17) is 9.47 Å². The number of rotatable bonds is 11. The van der Waals surface area contributed by atoms with Gasteiger partial charge in [-0.1, -0.05) is 37.1 Å². The van der Waals surface area contributed by atoms with E-state index >= 15 is 0 Å². The number of ether oxygens (including phenoxy) is 2. The van der Waals surface area contributed by atoms with Gasteiger partial charge in [-0.2, -0.15) is 0 Å². The molecule has 1 saturated carbocycles. The molecular weight excluding hydrogens is 610 g/mol. The van der Waals surface area contributed by atoms with Crippen molar-refractivity contribution in [2.45, 2.75) is 52.1 Å². The maximum atomic E-state index is 14.3. The van der Waals surface area contributed by atoms with Crippen LogP contribution in [0.5, 0.6) is 5.75 Å². The fraction of sp³-hybridized carbons (Fsp3) is 0.371. The minimum atomic E-state index is -0.887. The smallest absolute Gasteiger partial charge is 0.338 e. The second kappa shape index (κ2) is 15.5. The Morgan fingerprint density at radius 2 is 1.55 bits per heavy atom. The van der Waals surface area contributed by atoms with Gasteiger partial charge in [0.05, 0.1) is 17.8 Å². The molecule has 0 saturated heterocycles. The summed E-state index contributed by atoms with van der Waals surface area (Å²) >= 11 is 0. The molecule has 4 amide bonds. The lowest BCUT2D eigenvalue weighted by Crippen LogP contribution is -2.43. The molecule has 0 heterocycles. The molecule has 1 fully saturated rings. The van der Waals surface area contributed by atoms with Gasteiger partial charge in [0.15, 0.2) is 6.61 Å². The molecule has 12 heteroatoms. The van der Waals surface area contributed by atoms with Gasteiger partial charge in [0.1, 0.15) is 28.7 Å². The van der Waals surface area contributed by atoms with Crippen LogP contribution in [0.4, 0.5) is 30.6 Å². The number of hydrogen-bond donors (Lipinski definition) is 2. The average molecular weight is 651 g/mol. The van der Waals surface area contributed by atoms with Crippen LogP contribution in [0.15, 0.2) is 66.7 Å². The van der Waals surface area contributed by atoms with Crippen molar-refractivity contribution >= 4 is 40.9 Å². The Bertz CT molecular complexity index is 1580. The first kappa shape index (κ1) is 34.9. The van der Waals surface area contributed by atoms with Gasteiger partial charge in [-0.25, -0.2) is 18.4 Å². The molecule has 0 aromatic heterocycles. The summed E-state index contributed by atoms with van der Waals surface area (Å²) in [7, 11) is 1.25. The van der Waals surface area contributed by atoms with Gasteiger partial charge in [0.25, 0.3) is 5.91 Å². The Hall–Kier alpha value is -5.00. The van der Waals surface area contributed by atoms with Crippen molar-refractivity contribution in [3.63, 3.8) is 0 Å². The van der Waals surface area contributed by atoms with Crippen LogP contribution in [0, 0.1) is 17.6 Å². The van der Waals surface area contributed by atoms with Crippen LogP contribution in [-0.2, 0) is 14.3 Å². The number of para-hydroxylation sites is 3. The fourth-order valence-electron chi connectivity index (χ4n) is 5.25. The molecule has 47 heavy (non-hydrogen) atoms. The van der Waals surface area contributed by atoms with E-state index in [0.29, 0.717) is 17.9 Å². The average Bonchev–Trinajstić information content (AvgIpc) is 3.54. The molecule has 0 radical (unpaired) electrons. The Balaban J connectivity index is 1.44. The maximum Gasteiger partial charge on any atom is 0.338 e. The van der Waals surface area contributed by atoms with E-state index in [1.165, 1.54) is 24.1 Å². The molecule has 0 atom stereocenters. The first-order chi connectivity index (χ1) is 22.3. The first-order valence-corrected chi connectivity index (χ1v) is 15.4. The van der Waals surface area contributed by atoms with Gasteiger partial charge in [-0.15, -0.1) is 0 Å². The van der Waals surface area contributed by atoms with Gasteiger partial charge in [-0.3, -0.25) is 9.59 Å². The van der Waals surface area contributed by atoms with E-state index in [-0.39, 0.29) is 23.8 Å². The van der Waals surface area contributed by atoms with Crippen LogP contribution >= 0.6 is 0 Å². The molecule has 3 aromatic rings. The Morgan fingerprint density at radius 1 is 0.894 bits per heavy atom. The minimum absolute atomic E-state index is 0.220. The highest BCUT2D eigenvalue weighted by molar-refractivity contribution is 6.00. The summed E-state index contributed by atoms with van der Waals surface area (Å²) in [5, 5.41) is 5.21. The largest absolute Gasteiger partial charge is 0.482 e. The third kappa shape index (κ3) is 9.74. The summed E-state index contributed by atoms with van der Waals surface area (Å²) in [6.45, 7) is 4.74. The zero-order valence-electron chi connectivity index (χ0n) is 27.0. The van der Waals surface area contributed by atoms with Crippen molar-refractivity contribution in [2.75, 3.05) is 41.9 Å². The third-order valence-electron chi connectivity index (χ3n) is 7.53. The van der Waals surface area contributed by atoms with E-state index in [1.54, 1.807) is 63.2 Å². The van der Waals surface area contributed by atoms with E-state index in [9.17, 15) is 28.0 Å². The molecule has 0 spiro atoms. The fourth-order valence-corrected chi connectivity index (χ4v) is 5.25. The quantitative estimate of drug-likeness (QED) is 0.235. The lowest BCUT2D eigenvalue weighted by atomic mass is 10.1. The number of amides is 4. The highest BCUT2D eigenvalue weighted by Gasteiger charge is 2.27. The van der Waals surface area contributed by atoms with Crippen molar-refractivity contribution in [1.29, 1.82) is 0 Å². The highest BCUT2D eigenvalue weighted by atomic mass is 19.1. The first-order valence-electron chi connectivity index (χ1n) is 15.4. The number of halogens is 2. The van der Waals surface area contributed by atoms with Crippen molar-refractivity contribution < 1.29 is 37.4 Å². The number of likely N-dealkylation sites (N-methyl/N-ethyl adjacent to an activating group) is 1. The highest BCUT2D eigenvalue weighted by Crippen LogP contribution is 2.33. The molecule has 0 bridgehead atoms. The standard InChI is InChI=1S/C35H40F2N4O6/c1-35(2,3)47-33(44)24-13-9-14-25(19-24)39-34(45)38-20-30(42)41(21-23-11-5-6-12-23)28-17-7-8-18-29(28)46-22-31(43)40(4)32-26(36)15-10-16-27(32)37/h7-10,13-19,23H,5-6,11-12,20-22H2,1-4H3,(H2,38,39,45). The van der Waals surface area contributed by atoms with Gasteiger partial charge in [0.2, 0.25) is 5.91 Å². The number of carbonyl (C=O) groups is 4. The van der Waals surface area contributed by atoms with Gasteiger partial charge >= 0.3 is 12.0 Å². The predicted octanol–water partition coefficient (Wildman–Crippen LogP) is 6.31. The number of nitrogens with one attached hydrogen (secondary N) is 2. The van der Waals surface area contributed by atoms with Crippen molar-refractivity contribution in [2.24, 2.45) is 5.92 Å². The zero-order chi connectivity index (χ0) is 34.1. The maximum absolute atomic E-state index is 14.3. The predicted molar refractivity (Wildman–Crippen MR) is 175 cm³/mol. The zero-order valence-corrected chi connectivity index (χ0v) is 27.0. The van der Waals surface area contributed by atoms with Crippen molar-refractivity contribution in [3.8, 4) is 5.75 Å². The summed E-state index contributed by atoms with van der Waals surface area (Å²) in [5.74, 6) is -2.98. The number of hydrogen-bond acceptors (Lipinski definition) is 6. The van der Waals surface area contributed by atoms with Crippen molar-refractivity contribution in [1.82, 2.24) is 5.32 Å². The van der Waals surface area contributed by atoms with Crippen LogP contribution in [-0.4, -0.2) is 56.2 Å². The van der Waals surface area contributed by atoms with E-state index in [1.807, 2.05) is 0 Å². The third-order valence-corrected chi connectivity index (χ3v) is 7.53. The number of nitrogens with zero attached hydrogens (tertiary/aromatic N) is 2. The van der Waals surface area contributed by atoms with Crippen LogP contribution in [0.1, 0.15) is 56.8 Å². The monoisotopic (exact) mass is 650 g/mol. The Morgan fingerprint density at radius 3 is 2.23 bits per heavy atom. The van der Waals surface area contributed by atoms with Crippen molar-refractivity contribution in [3.05, 3.63) is 83.9 Å². The molecule has 3 aromatic carbocycles. The molecule has 2 N–H and O–H groups in total. The lowest BCUT2D eigenvalue weighted by molar-refractivity contribution is -0.120. The molecule has 0 unspecified atom stereocenters. The van der Waals surface area contributed by atoms with Gasteiger partial charge < -0.3 is 29.9 Å². The molecule has 1 aliphatic carbocycles. The summed E-state index contributed by atoms with van der Waals surface area (Å²) in [6.07, 6.45) is 3.96. The van der Waals surface area contributed by atoms with Gasteiger partial charge in [-0.05, 0) is 82.0 Å². The van der Waals surface area contributed by atoms with E-state index in [2.05, 4.69) is 10.6 Å². The van der Waals surface area contributed by atoms with E-state index < -0.39 is 53.3 Å². The van der Waals surface area contributed by atoms with Crippen LogP contribution in [0.2, 0.25) is 0 Å². The number of esters is 1. The topological polar surface area (TPSA) is 117 Å². The molecule has 0 aliphatic heterocycles. The SMILES string of the molecule is CN(C(=O)COc1ccccc1N(CC1CCCC1)C(=O)CNC(=O)Nc1cccc(C(=O)OC(C)(C)C)c1)c1c(F)cccc1F. The second-order valence-electron chi connectivity index (χ2n) is 12.3. The second-order valence-corrected chi connectivity index (χ2v) is 12.3. The number of carbonyl (C=O) groups excluding carboxylic acids is 4. The van der Waals surface area contributed by atoms with Crippen LogP contribution in [0.3, 0.4) is 0 Å². The van der Waals surface area contributed by atoms with Gasteiger partial charge in [0, 0.05) is 19.3 Å². The van der Waals surface area contributed by atoms with E-state index in [0.717, 1.165) is 42.7 Å². The lowest BCUT2D eigenvalue weighted by Gasteiger charge is -2.28. The Labute approximate surface area is 273 Å². The summed E-state index contributed by atoms with van der Waals surface area (Å²) < 4.78 is 39.7. The number of urea groups is 1. The minimum Gasteiger partial charge on any atom is -0.482 e. The van der Waals surface area contributed by atoms with Crippen LogP contribution in [0.25, 0.3) is 0 Å². The number of anilines is 3. The Kier molecular flexibility index (Phi) is 11.5. The summed E-state index contributed by atoms with van der Waals surface area (Å²) in [5.41, 5.74) is -0.182. The molecular formula is C35H40F2N4O6. The molecule has 250 valence electrons. The molecule has 1 aliphatic rings. The van der Waals surface area contributed by atoms with Crippen LogP contribution < -0.4 is 25.2 Å². The summed E-state index contributed by atoms with van der Waals surface area (Å²) in [4.78, 5) is 54.1. The molecule has 10 nitrogen and oxygen atoms in total. The normalized spacial score (nSPS) is 13.1. The number of benzene rings is 3.